The summed E-state index contributed by atoms with van der Waals surface area (Å²) in [7, 11) is 0. The zero-order chi connectivity index (χ0) is 13.7. The molecule has 1 aliphatic heterocycles. The Morgan fingerprint density at radius 2 is 2.21 bits per heavy atom. The zero-order valence-corrected chi connectivity index (χ0v) is 10.6. The number of primary amides is 1. The van der Waals surface area contributed by atoms with Crippen LogP contribution in [-0.4, -0.2) is 43.3 Å². The number of ether oxygens (including phenoxy) is 1. The van der Waals surface area contributed by atoms with Gasteiger partial charge in [0.15, 0.2) is 0 Å². The lowest BCUT2D eigenvalue weighted by Gasteiger charge is -2.35. The van der Waals surface area contributed by atoms with Crippen molar-refractivity contribution < 1.29 is 13.9 Å². The fourth-order valence-electron chi connectivity index (χ4n) is 2.13. The Kier molecular flexibility index (Phi) is 4.70. The summed E-state index contributed by atoms with van der Waals surface area (Å²) in [5, 5.41) is 2.60. The highest BCUT2D eigenvalue weighted by atomic mass is 19.1. The van der Waals surface area contributed by atoms with Crippen molar-refractivity contribution in [3.63, 3.8) is 0 Å². The third kappa shape index (κ3) is 4.18. The second-order valence-corrected chi connectivity index (χ2v) is 4.57. The van der Waals surface area contributed by atoms with Gasteiger partial charge in [0.25, 0.3) is 0 Å². The Hall–Kier alpha value is -1.66. The summed E-state index contributed by atoms with van der Waals surface area (Å²) >= 11 is 0. The molecule has 0 radical (unpaired) electrons. The quantitative estimate of drug-likeness (QED) is 0.843. The highest BCUT2D eigenvalue weighted by molar-refractivity contribution is 5.71. The molecule has 1 aromatic rings. The SMILES string of the molecule is NC(=O)NCC1COCCN1Cc1ccc(F)cc1. The summed E-state index contributed by atoms with van der Waals surface area (Å²) in [5.74, 6) is -0.238. The monoisotopic (exact) mass is 267 g/mol. The maximum Gasteiger partial charge on any atom is 0.312 e. The van der Waals surface area contributed by atoms with E-state index in [1.807, 2.05) is 0 Å². The Bertz CT molecular complexity index is 424. The Morgan fingerprint density at radius 3 is 2.89 bits per heavy atom. The molecule has 19 heavy (non-hydrogen) atoms. The fraction of sp³-hybridized carbons (Fsp3) is 0.462. The molecular formula is C13H18FN3O2. The van der Waals surface area contributed by atoms with Gasteiger partial charge in [-0.2, -0.15) is 0 Å². The minimum Gasteiger partial charge on any atom is -0.378 e. The van der Waals surface area contributed by atoms with Crippen molar-refractivity contribution >= 4 is 6.03 Å². The molecule has 1 aliphatic rings. The number of nitrogens with two attached hydrogens (primary N) is 1. The van der Waals surface area contributed by atoms with Crippen molar-refractivity contribution in [2.24, 2.45) is 5.73 Å². The van der Waals surface area contributed by atoms with Crippen molar-refractivity contribution in [2.75, 3.05) is 26.3 Å². The fourth-order valence-corrected chi connectivity index (χ4v) is 2.13. The van der Waals surface area contributed by atoms with Gasteiger partial charge in [0, 0.05) is 19.6 Å². The first-order valence-corrected chi connectivity index (χ1v) is 6.24. The first kappa shape index (κ1) is 13.8. The molecular weight excluding hydrogens is 249 g/mol. The molecule has 6 heteroatoms. The number of halogens is 1. The van der Waals surface area contributed by atoms with Gasteiger partial charge in [-0.3, -0.25) is 4.90 Å². The molecule has 2 rings (SSSR count). The lowest BCUT2D eigenvalue weighted by Crippen LogP contribution is -2.51. The summed E-state index contributed by atoms with van der Waals surface area (Å²) in [6, 6.07) is 5.99. The molecule has 0 bridgehead atoms. The van der Waals surface area contributed by atoms with Gasteiger partial charge in [0.05, 0.1) is 19.3 Å². The van der Waals surface area contributed by atoms with E-state index in [0.717, 1.165) is 12.1 Å². The standard InChI is InChI=1S/C13H18FN3O2/c14-11-3-1-10(2-4-11)8-17-5-6-19-9-12(17)7-16-13(15)18/h1-4,12H,5-9H2,(H3,15,16,18). The van der Waals surface area contributed by atoms with E-state index in [1.54, 1.807) is 12.1 Å². The minimum absolute atomic E-state index is 0.0892. The molecule has 1 aromatic carbocycles. The van der Waals surface area contributed by atoms with Crippen LogP contribution >= 0.6 is 0 Å². The van der Waals surface area contributed by atoms with Crippen molar-refractivity contribution in [3.05, 3.63) is 35.6 Å². The van der Waals surface area contributed by atoms with Crippen LogP contribution in [-0.2, 0) is 11.3 Å². The van der Waals surface area contributed by atoms with Crippen LogP contribution in [0.15, 0.2) is 24.3 Å². The molecule has 3 N–H and O–H groups in total. The van der Waals surface area contributed by atoms with Crippen molar-refractivity contribution in [2.45, 2.75) is 12.6 Å². The van der Waals surface area contributed by atoms with E-state index in [0.29, 0.717) is 26.3 Å². The second-order valence-electron chi connectivity index (χ2n) is 4.57. The molecule has 1 atom stereocenters. The number of carbonyl (C=O) groups excluding carboxylic acids is 1. The Balaban J connectivity index is 1.95. The summed E-state index contributed by atoms with van der Waals surface area (Å²) in [4.78, 5) is 13.0. The highest BCUT2D eigenvalue weighted by Crippen LogP contribution is 2.12. The molecule has 0 aromatic heterocycles. The van der Waals surface area contributed by atoms with Gasteiger partial charge < -0.3 is 15.8 Å². The van der Waals surface area contributed by atoms with E-state index in [2.05, 4.69) is 10.2 Å². The van der Waals surface area contributed by atoms with E-state index in [-0.39, 0.29) is 11.9 Å². The summed E-state index contributed by atoms with van der Waals surface area (Å²) in [6.45, 7) is 3.16. The van der Waals surface area contributed by atoms with Gasteiger partial charge in [0.1, 0.15) is 5.82 Å². The van der Waals surface area contributed by atoms with E-state index < -0.39 is 6.03 Å². The summed E-state index contributed by atoms with van der Waals surface area (Å²) in [5.41, 5.74) is 6.11. The number of urea groups is 1. The first-order valence-electron chi connectivity index (χ1n) is 6.24. The van der Waals surface area contributed by atoms with Crippen LogP contribution < -0.4 is 11.1 Å². The van der Waals surface area contributed by atoms with Crippen LogP contribution in [0.2, 0.25) is 0 Å². The minimum atomic E-state index is -0.535. The van der Waals surface area contributed by atoms with Crippen LogP contribution in [0.4, 0.5) is 9.18 Å². The first-order chi connectivity index (χ1) is 9.15. The maximum atomic E-state index is 12.9. The second kappa shape index (κ2) is 6.49. The predicted octanol–water partition coefficient (Wildman–Crippen LogP) is 0.695. The molecule has 2 amide bonds. The largest absolute Gasteiger partial charge is 0.378 e. The zero-order valence-electron chi connectivity index (χ0n) is 10.6. The third-order valence-electron chi connectivity index (χ3n) is 3.16. The van der Waals surface area contributed by atoms with Crippen LogP contribution in [0.1, 0.15) is 5.56 Å². The Morgan fingerprint density at radius 1 is 1.47 bits per heavy atom. The van der Waals surface area contributed by atoms with E-state index >= 15 is 0 Å². The van der Waals surface area contributed by atoms with E-state index in [1.165, 1.54) is 12.1 Å². The molecule has 1 heterocycles. The Labute approximate surface area is 111 Å². The topological polar surface area (TPSA) is 67.6 Å². The summed E-state index contributed by atoms with van der Waals surface area (Å²) < 4.78 is 18.3. The van der Waals surface area contributed by atoms with Gasteiger partial charge in [-0.15, -0.1) is 0 Å². The highest BCUT2D eigenvalue weighted by Gasteiger charge is 2.23. The van der Waals surface area contributed by atoms with Gasteiger partial charge in [0.2, 0.25) is 0 Å². The molecule has 0 spiro atoms. The number of rotatable bonds is 4. The van der Waals surface area contributed by atoms with E-state index in [4.69, 9.17) is 10.5 Å². The number of morpholine rings is 1. The van der Waals surface area contributed by atoms with E-state index in [9.17, 15) is 9.18 Å². The molecule has 0 aliphatic carbocycles. The molecule has 5 nitrogen and oxygen atoms in total. The van der Waals surface area contributed by atoms with Gasteiger partial charge in [-0.05, 0) is 17.7 Å². The molecule has 0 saturated carbocycles. The number of nitrogens with one attached hydrogen (secondary N) is 1. The average Bonchev–Trinajstić information content (AvgIpc) is 2.40. The smallest absolute Gasteiger partial charge is 0.312 e. The average molecular weight is 267 g/mol. The molecule has 1 saturated heterocycles. The van der Waals surface area contributed by atoms with Gasteiger partial charge in [-0.1, -0.05) is 12.1 Å². The number of hydrogen-bond donors (Lipinski definition) is 2. The predicted molar refractivity (Wildman–Crippen MR) is 69.0 cm³/mol. The van der Waals surface area contributed by atoms with Crippen molar-refractivity contribution in [1.29, 1.82) is 0 Å². The lowest BCUT2D eigenvalue weighted by atomic mass is 10.1. The lowest BCUT2D eigenvalue weighted by molar-refractivity contribution is -0.00987. The number of nitrogens with zero attached hydrogens (tertiary/aromatic N) is 1. The third-order valence-corrected chi connectivity index (χ3v) is 3.16. The van der Waals surface area contributed by atoms with Crippen LogP contribution in [0.3, 0.4) is 0 Å². The van der Waals surface area contributed by atoms with Crippen LogP contribution in [0, 0.1) is 5.82 Å². The molecule has 104 valence electrons. The van der Waals surface area contributed by atoms with Crippen LogP contribution in [0.5, 0.6) is 0 Å². The molecule has 1 fully saturated rings. The number of amides is 2. The normalized spacial score (nSPS) is 20.2. The van der Waals surface area contributed by atoms with Gasteiger partial charge in [-0.25, -0.2) is 9.18 Å². The summed E-state index contributed by atoms with van der Waals surface area (Å²) in [6.07, 6.45) is 0. The number of hydrogen-bond acceptors (Lipinski definition) is 3. The maximum absolute atomic E-state index is 12.9. The van der Waals surface area contributed by atoms with Crippen LogP contribution in [0.25, 0.3) is 0 Å². The number of benzene rings is 1. The molecule has 1 unspecified atom stereocenters. The van der Waals surface area contributed by atoms with Gasteiger partial charge >= 0.3 is 6.03 Å². The van der Waals surface area contributed by atoms with Crippen molar-refractivity contribution in [1.82, 2.24) is 10.2 Å². The van der Waals surface area contributed by atoms with Crippen molar-refractivity contribution in [3.8, 4) is 0 Å². The number of carbonyl (C=O) groups is 1.